The third-order valence-corrected chi connectivity index (χ3v) is 4.25. The van der Waals surface area contributed by atoms with Crippen LogP contribution in [0.1, 0.15) is 21.7 Å². The summed E-state index contributed by atoms with van der Waals surface area (Å²) in [5.41, 5.74) is 2.77. The summed E-state index contributed by atoms with van der Waals surface area (Å²) >= 11 is 12.0. The van der Waals surface area contributed by atoms with Crippen molar-refractivity contribution in [2.75, 3.05) is 0 Å². The normalized spacial score (nSPS) is 11.0. The van der Waals surface area contributed by atoms with Crippen LogP contribution in [0.5, 0.6) is 0 Å². The van der Waals surface area contributed by atoms with Crippen molar-refractivity contribution >= 4 is 40.2 Å². The largest absolute Gasteiger partial charge is 0.478 e. The fourth-order valence-electron chi connectivity index (χ4n) is 2.40. The number of halogens is 2. The fourth-order valence-corrected chi connectivity index (χ4v) is 2.72. The molecular formula is C16H12Cl2N2O2. The summed E-state index contributed by atoms with van der Waals surface area (Å²) in [6.45, 7) is 2.48. The van der Waals surface area contributed by atoms with E-state index >= 15 is 0 Å². The molecule has 3 aromatic rings. The van der Waals surface area contributed by atoms with Crippen LogP contribution < -0.4 is 0 Å². The first-order valence-electron chi connectivity index (χ1n) is 6.60. The van der Waals surface area contributed by atoms with Crippen LogP contribution in [-0.2, 0) is 6.54 Å². The van der Waals surface area contributed by atoms with E-state index in [-0.39, 0.29) is 5.56 Å². The van der Waals surface area contributed by atoms with Crippen molar-refractivity contribution < 1.29 is 9.90 Å². The Morgan fingerprint density at radius 3 is 2.64 bits per heavy atom. The second kappa shape index (κ2) is 5.63. The van der Waals surface area contributed by atoms with E-state index in [1.165, 1.54) is 0 Å². The standard InChI is InChI=1S/C16H12Cl2N2O2/c1-9-19-14-7-11(16(21)22)3-5-15(14)20(9)8-10-2-4-12(17)13(18)6-10/h2-7H,8H2,1H3,(H,21,22). The van der Waals surface area contributed by atoms with Crippen molar-refractivity contribution in [3.63, 3.8) is 0 Å². The first-order chi connectivity index (χ1) is 10.5. The number of carbonyl (C=O) groups is 1. The van der Waals surface area contributed by atoms with Gasteiger partial charge in [0.05, 0.1) is 26.6 Å². The van der Waals surface area contributed by atoms with Gasteiger partial charge in [-0.2, -0.15) is 0 Å². The highest BCUT2D eigenvalue weighted by atomic mass is 35.5. The van der Waals surface area contributed by atoms with E-state index in [9.17, 15) is 4.79 Å². The Morgan fingerprint density at radius 1 is 1.18 bits per heavy atom. The molecule has 6 heteroatoms. The number of carboxylic acids is 1. The monoisotopic (exact) mass is 334 g/mol. The molecule has 3 rings (SSSR count). The summed E-state index contributed by atoms with van der Waals surface area (Å²) in [5, 5.41) is 10.1. The molecule has 4 nitrogen and oxygen atoms in total. The van der Waals surface area contributed by atoms with Gasteiger partial charge >= 0.3 is 5.97 Å². The second-order valence-corrected chi connectivity index (χ2v) is 5.82. The molecule has 0 saturated heterocycles. The van der Waals surface area contributed by atoms with Crippen molar-refractivity contribution in [3.05, 3.63) is 63.4 Å². The van der Waals surface area contributed by atoms with Crippen LogP contribution in [0, 0.1) is 6.92 Å². The number of nitrogens with zero attached hydrogens (tertiary/aromatic N) is 2. The van der Waals surface area contributed by atoms with Gasteiger partial charge in [0.25, 0.3) is 0 Å². The van der Waals surface area contributed by atoms with Gasteiger partial charge in [-0.3, -0.25) is 0 Å². The zero-order valence-electron chi connectivity index (χ0n) is 11.7. The number of fused-ring (bicyclic) bond motifs is 1. The lowest BCUT2D eigenvalue weighted by atomic mass is 10.2. The average molecular weight is 335 g/mol. The fraction of sp³-hybridized carbons (Fsp3) is 0.125. The predicted molar refractivity (Wildman–Crippen MR) is 87.0 cm³/mol. The third-order valence-electron chi connectivity index (χ3n) is 3.51. The first kappa shape index (κ1) is 14.9. The zero-order chi connectivity index (χ0) is 15.9. The van der Waals surface area contributed by atoms with E-state index in [2.05, 4.69) is 4.98 Å². The van der Waals surface area contributed by atoms with Gasteiger partial charge in [-0.05, 0) is 42.8 Å². The van der Waals surface area contributed by atoms with Gasteiger partial charge in [-0.25, -0.2) is 9.78 Å². The summed E-state index contributed by atoms with van der Waals surface area (Å²) in [5.74, 6) is -0.151. The second-order valence-electron chi connectivity index (χ2n) is 5.00. The number of rotatable bonds is 3. The predicted octanol–water partition coefficient (Wildman–Crippen LogP) is 4.40. The maximum absolute atomic E-state index is 11.0. The molecule has 1 heterocycles. The number of hydrogen-bond donors (Lipinski definition) is 1. The lowest BCUT2D eigenvalue weighted by Gasteiger charge is -2.08. The molecule has 0 atom stereocenters. The van der Waals surface area contributed by atoms with Crippen molar-refractivity contribution in [3.8, 4) is 0 Å². The molecule has 0 fully saturated rings. The van der Waals surface area contributed by atoms with Crippen molar-refractivity contribution in [2.24, 2.45) is 0 Å². The molecule has 0 bridgehead atoms. The number of carboxylic acid groups (broad SMARTS) is 1. The molecule has 0 spiro atoms. The minimum absolute atomic E-state index is 0.228. The van der Waals surface area contributed by atoms with Gasteiger partial charge in [0.2, 0.25) is 0 Å². The van der Waals surface area contributed by atoms with Gasteiger partial charge in [0, 0.05) is 6.54 Å². The highest BCUT2D eigenvalue weighted by Crippen LogP contribution is 2.25. The van der Waals surface area contributed by atoms with E-state index in [1.807, 2.05) is 23.6 Å². The number of aryl methyl sites for hydroxylation is 1. The summed E-state index contributed by atoms with van der Waals surface area (Å²) in [7, 11) is 0. The van der Waals surface area contributed by atoms with Crippen molar-refractivity contribution in [1.29, 1.82) is 0 Å². The van der Waals surface area contributed by atoms with Crippen LogP contribution in [0.3, 0.4) is 0 Å². The van der Waals surface area contributed by atoms with Crippen molar-refractivity contribution in [2.45, 2.75) is 13.5 Å². The van der Waals surface area contributed by atoms with Crippen LogP contribution in [0.15, 0.2) is 36.4 Å². The molecule has 22 heavy (non-hydrogen) atoms. The Kier molecular flexibility index (Phi) is 3.81. The van der Waals surface area contributed by atoms with Crippen LogP contribution in [-0.4, -0.2) is 20.6 Å². The summed E-state index contributed by atoms with van der Waals surface area (Å²) in [4.78, 5) is 15.5. The highest BCUT2D eigenvalue weighted by molar-refractivity contribution is 6.42. The van der Waals surface area contributed by atoms with E-state index in [4.69, 9.17) is 28.3 Å². The Hall–Kier alpha value is -2.04. The molecule has 112 valence electrons. The molecule has 0 unspecified atom stereocenters. The van der Waals surface area contributed by atoms with Crippen molar-refractivity contribution in [1.82, 2.24) is 9.55 Å². The molecule has 0 amide bonds. The Bertz CT molecular complexity index is 887. The first-order valence-corrected chi connectivity index (χ1v) is 7.35. The summed E-state index contributed by atoms with van der Waals surface area (Å²) in [6.07, 6.45) is 0. The molecular weight excluding hydrogens is 323 g/mol. The zero-order valence-corrected chi connectivity index (χ0v) is 13.2. The quantitative estimate of drug-likeness (QED) is 0.772. The number of imidazole rings is 1. The molecule has 0 aliphatic carbocycles. The molecule has 0 aliphatic heterocycles. The van der Waals surface area contributed by atoms with Gasteiger partial charge in [0.1, 0.15) is 5.82 Å². The van der Waals surface area contributed by atoms with Gasteiger partial charge in [-0.15, -0.1) is 0 Å². The SMILES string of the molecule is Cc1nc2cc(C(=O)O)ccc2n1Cc1ccc(Cl)c(Cl)c1. The van der Waals surface area contributed by atoms with Gasteiger partial charge in [0.15, 0.2) is 0 Å². The third kappa shape index (κ3) is 2.67. The van der Waals surface area contributed by atoms with Crippen LogP contribution in [0.25, 0.3) is 11.0 Å². The van der Waals surface area contributed by atoms with Crippen LogP contribution in [0.4, 0.5) is 0 Å². The maximum Gasteiger partial charge on any atom is 0.335 e. The summed E-state index contributed by atoms with van der Waals surface area (Å²) in [6, 6.07) is 10.4. The van der Waals surface area contributed by atoms with Gasteiger partial charge < -0.3 is 9.67 Å². The number of benzene rings is 2. The Morgan fingerprint density at radius 2 is 1.95 bits per heavy atom. The number of aromatic nitrogens is 2. The smallest absolute Gasteiger partial charge is 0.335 e. The Labute approximate surface area is 136 Å². The molecule has 1 N–H and O–H groups in total. The van der Waals surface area contributed by atoms with E-state index in [0.29, 0.717) is 22.1 Å². The molecule has 0 aliphatic rings. The highest BCUT2D eigenvalue weighted by Gasteiger charge is 2.11. The molecule has 0 saturated carbocycles. The minimum Gasteiger partial charge on any atom is -0.478 e. The molecule has 1 aromatic heterocycles. The van der Waals surface area contributed by atoms with Gasteiger partial charge in [-0.1, -0.05) is 29.3 Å². The topological polar surface area (TPSA) is 55.1 Å². The number of hydrogen-bond acceptors (Lipinski definition) is 2. The number of aromatic carboxylic acids is 1. The van der Waals surface area contributed by atoms with Crippen LogP contribution in [0.2, 0.25) is 10.0 Å². The minimum atomic E-state index is -0.960. The van der Waals surface area contributed by atoms with E-state index in [0.717, 1.165) is 16.9 Å². The maximum atomic E-state index is 11.0. The average Bonchev–Trinajstić information content (AvgIpc) is 2.78. The van der Waals surface area contributed by atoms with E-state index in [1.54, 1.807) is 24.3 Å². The molecule has 0 radical (unpaired) electrons. The van der Waals surface area contributed by atoms with E-state index < -0.39 is 5.97 Å². The van der Waals surface area contributed by atoms with Crippen LogP contribution >= 0.6 is 23.2 Å². The summed E-state index contributed by atoms with van der Waals surface area (Å²) < 4.78 is 2.01. The Balaban J connectivity index is 2.04. The lowest BCUT2D eigenvalue weighted by molar-refractivity contribution is 0.0697. The molecule has 2 aromatic carbocycles. The lowest BCUT2D eigenvalue weighted by Crippen LogP contribution is -2.02.